The predicted molar refractivity (Wildman–Crippen MR) is 156 cm³/mol. The van der Waals surface area contributed by atoms with Crippen LogP contribution in [0.15, 0.2) is 42.5 Å². The standard InChI is InChI=1S/C33H45N3O3/c1-23(2)34-17-8-18-36(30(37)21-25-13-15-27(39-4)16-14-25)32-24(3)9-7-10-26(32)22-35(20-19-34)33(38)31-28-11-5-6-12-29(28)31/h7,9-10,13-16,23,28-29,31H,5-6,8,11-12,17-22H2,1-4H3. The van der Waals surface area contributed by atoms with Crippen molar-refractivity contribution in [3.05, 3.63) is 59.2 Å². The third kappa shape index (κ3) is 6.16. The lowest BCUT2D eigenvalue weighted by Crippen LogP contribution is -2.42. The Balaban J connectivity index is 1.45. The van der Waals surface area contributed by atoms with Crippen molar-refractivity contribution in [2.24, 2.45) is 17.8 Å². The fourth-order valence-corrected chi connectivity index (χ4v) is 6.96. The molecule has 2 amide bonds. The van der Waals surface area contributed by atoms with E-state index < -0.39 is 0 Å². The normalized spacial score (nSPS) is 24.0. The molecule has 0 N–H and O–H groups in total. The van der Waals surface area contributed by atoms with Gasteiger partial charge in [0.15, 0.2) is 0 Å². The third-order valence-corrected chi connectivity index (χ3v) is 9.24. The molecule has 0 aromatic heterocycles. The molecule has 2 unspecified atom stereocenters. The quantitative estimate of drug-likeness (QED) is 0.514. The number of methoxy groups -OCH3 is 1. The molecule has 0 spiro atoms. The van der Waals surface area contributed by atoms with Gasteiger partial charge in [-0.05, 0) is 80.7 Å². The molecule has 210 valence electrons. The molecular formula is C33H45N3O3. The second-order valence-electron chi connectivity index (χ2n) is 12.0. The number of para-hydroxylation sites is 1. The molecule has 0 saturated heterocycles. The van der Waals surface area contributed by atoms with Gasteiger partial charge >= 0.3 is 0 Å². The lowest BCUT2D eigenvalue weighted by molar-refractivity contribution is -0.134. The van der Waals surface area contributed by atoms with Crippen molar-refractivity contribution in [2.75, 3.05) is 38.2 Å². The van der Waals surface area contributed by atoms with Gasteiger partial charge in [0.05, 0.1) is 19.2 Å². The highest BCUT2D eigenvalue weighted by Crippen LogP contribution is 2.56. The number of carbonyl (C=O) groups is 2. The van der Waals surface area contributed by atoms with Crippen LogP contribution in [0.1, 0.15) is 62.6 Å². The SMILES string of the molecule is COc1ccc(CC(=O)N2CCCN(C(C)C)CCN(C(=O)C3C4CCCCC43)Cc3cccc(C)c32)cc1. The first-order valence-electron chi connectivity index (χ1n) is 14.9. The Hall–Kier alpha value is -2.86. The number of anilines is 1. The molecule has 0 radical (unpaired) electrons. The zero-order valence-electron chi connectivity index (χ0n) is 24.2. The highest BCUT2D eigenvalue weighted by molar-refractivity contribution is 5.96. The van der Waals surface area contributed by atoms with Crippen molar-refractivity contribution in [1.29, 1.82) is 0 Å². The summed E-state index contributed by atoms with van der Waals surface area (Å²) in [5.74, 6) is 2.59. The molecule has 2 saturated carbocycles. The Bertz CT molecular complexity index is 1150. The minimum atomic E-state index is 0.0946. The summed E-state index contributed by atoms with van der Waals surface area (Å²) in [7, 11) is 1.65. The molecule has 0 bridgehead atoms. The minimum Gasteiger partial charge on any atom is -0.497 e. The number of benzene rings is 2. The summed E-state index contributed by atoms with van der Waals surface area (Å²) in [6.07, 6.45) is 6.16. The van der Waals surface area contributed by atoms with Crippen LogP contribution in [0, 0.1) is 24.7 Å². The molecule has 2 aromatic rings. The van der Waals surface area contributed by atoms with E-state index in [1.54, 1.807) is 7.11 Å². The first-order valence-corrected chi connectivity index (χ1v) is 14.9. The highest BCUT2D eigenvalue weighted by atomic mass is 16.5. The fraction of sp³-hybridized carbons (Fsp3) is 0.576. The van der Waals surface area contributed by atoms with Crippen LogP contribution in [0.2, 0.25) is 0 Å². The van der Waals surface area contributed by atoms with Crippen molar-refractivity contribution in [2.45, 2.75) is 71.9 Å². The van der Waals surface area contributed by atoms with Crippen LogP contribution in [0.3, 0.4) is 0 Å². The van der Waals surface area contributed by atoms with Gasteiger partial charge in [0.1, 0.15) is 5.75 Å². The van der Waals surface area contributed by atoms with E-state index in [1.165, 1.54) is 25.7 Å². The van der Waals surface area contributed by atoms with Crippen LogP contribution in [-0.2, 0) is 22.6 Å². The lowest BCUT2D eigenvalue weighted by atomic mass is 10.0. The van der Waals surface area contributed by atoms with Gasteiger partial charge in [0.25, 0.3) is 0 Å². The van der Waals surface area contributed by atoms with Crippen LogP contribution < -0.4 is 9.64 Å². The summed E-state index contributed by atoms with van der Waals surface area (Å²) in [5.41, 5.74) is 4.12. The molecule has 39 heavy (non-hydrogen) atoms. The van der Waals surface area contributed by atoms with E-state index in [0.717, 1.165) is 54.2 Å². The maximum absolute atomic E-state index is 14.0. The number of hydrogen-bond acceptors (Lipinski definition) is 4. The average molecular weight is 532 g/mol. The molecule has 2 atom stereocenters. The number of rotatable bonds is 5. The molecule has 2 aromatic carbocycles. The monoisotopic (exact) mass is 531 g/mol. The number of hydrogen-bond donors (Lipinski definition) is 0. The van der Waals surface area contributed by atoms with E-state index in [0.29, 0.717) is 43.3 Å². The topological polar surface area (TPSA) is 53.1 Å². The summed E-state index contributed by atoms with van der Waals surface area (Å²) in [6.45, 7) is 10.3. The van der Waals surface area contributed by atoms with Crippen molar-refractivity contribution < 1.29 is 14.3 Å². The van der Waals surface area contributed by atoms with Gasteiger partial charge in [0.2, 0.25) is 11.8 Å². The predicted octanol–water partition coefficient (Wildman–Crippen LogP) is 5.46. The maximum Gasteiger partial charge on any atom is 0.231 e. The zero-order chi connectivity index (χ0) is 27.5. The molecule has 2 aliphatic carbocycles. The van der Waals surface area contributed by atoms with Crippen LogP contribution >= 0.6 is 0 Å². The summed E-state index contributed by atoms with van der Waals surface area (Å²) < 4.78 is 5.30. The van der Waals surface area contributed by atoms with Crippen LogP contribution in [0.4, 0.5) is 5.69 Å². The maximum atomic E-state index is 14.0. The zero-order valence-corrected chi connectivity index (χ0v) is 24.2. The Labute approximate surface area is 234 Å². The van der Waals surface area contributed by atoms with Gasteiger partial charge in [-0.15, -0.1) is 0 Å². The van der Waals surface area contributed by atoms with Gasteiger partial charge in [0, 0.05) is 44.7 Å². The van der Waals surface area contributed by atoms with E-state index in [9.17, 15) is 9.59 Å². The number of fused-ring (bicyclic) bond motifs is 2. The van der Waals surface area contributed by atoms with Gasteiger partial charge in [-0.2, -0.15) is 0 Å². The van der Waals surface area contributed by atoms with Gasteiger partial charge < -0.3 is 14.5 Å². The van der Waals surface area contributed by atoms with Gasteiger partial charge in [-0.25, -0.2) is 0 Å². The van der Waals surface area contributed by atoms with Crippen LogP contribution in [0.5, 0.6) is 5.75 Å². The molecule has 5 rings (SSSR count). The van der Waals surface area contributed by atoms with Crippen LogP contribution in [-0.4, -0.2) is 60.9 Å². The molecular weight excluding hydrogens is 486 g/mol. The minimum absolute atomic E-state index is 0.0946. The average Bonchev–Trinajstić information content (AvgIpc) is 3.67. The van der Waals surface area contributed by atoms with E-state index in [-0.39, 0.29) is 11.8 Å². The van der Waals surface area contributed by atoms with Gasteiger partial charge in [-0.3, -0.25) is 14.5 Å². The molecule has 2 fully saturated rings. The molecule has 1 aliphatic heterocycles. The second kappa shape index (κ2) is 12.1. The van der Waals surface area contributed by atoms with E-state index in [1.807, 2.05) is 29.2 Å². The Morgan fingerprint density at radius 2 is 1.64 bits per heavy atom. The summed E-state index contributed by atoms with van der Waals surface area (Å²) >= 11 is 0. The number of ether oxygens (including phenoxy) is 1. The van der Waals surface area contributed by atoms with E-state index in [4.69, 9.17) is 4.74 Å². The molecule has 6 nitrogen and oxygen atoms in total. The fourth-order valence-electron chi connectivity index (χ4n) is 6.96. The number of nitrogens with zero attached hydrogens (tertiary/aromatic N) is 3. The number of carbonyl (C=O) groups excluding carboxylic acids is 2. The first kappa shape index (κ1) is 27.7. The summed E-state index contributed by atoms with van der Waals surface area (Å²) in [4.78, 5) is 34.5. The third-order valence-electron chi connectivity index (χ3n) is 9.24. The van der Waals surface area contributed by atoms with Crippen molar-refractivity contribution >= 4 is 17.5 Å². The van der Waals surface area contributed by atoms with Crippen molar-refractivity contribution in [3.8, 4) is 5.75 Å². The molecule has 3 aliphatic rings. The number of aryl methyl sites for hydroxylation is 1. The van der Waals surface area contributed by atoms with E-state index >= 15 is 0 Å². The van der Waals surface area contributed by atoms with Crippen molar-refractivity contribution in [1.82, 2.24) is 9.80 Å². The smallest absolute Gasteiger partial charge is 0.231 e. The Morgan fingerprint density at radius 1 is 0.923 bits per heavy atom. The van der Waals surface area contributed by atoms with Gasteiger partial charge in [-0.1, -0.05) is 43.2 Å². The Morgan fingerprint density at radius 3 is 2.31 bits per heavy atom. The summed E-state index contributed by atoms with van der Waals surface area (Å²) in [6, 6.07) is 14.4. The Kier molecular flexibility index (Phi) is 8.61. The molecule has 6 heteroatoms. The van der Waals surface area contributed by atoms with E-state index in [2.05, 4.69) is 48.8 Å². The van der Waals surface area contributed by atoms with Crippen molar-refractivity contribution in [3.63, 3.8) is 0 Å². The van der Waals surface area contributed by atoms with Crippen LogP contribution in [0.25, 0.3) is 0 Å². The second-order valence-corrected chi connectivity index (χ2v) is 12.0. The summed E-state index contributed by atoms with van der Waals surface area (Å²) in [5, 5.41) is 0. The lowest BCUT2D eigenvalue weighted by Gasteiger charge is -2.30. The number of amides is 2. The first-order chi connectivity index (χ1) is 18.9. The molecule has 1 heterocycles. The largest absolute Gasteiger partial charge is 0.497 e. The highest BCUT2D eigenvalue weighted by Gasteiger charge is 2.55.